The normalized spacial score (nSPS) is 20.5. The molecule has 70 valence electrons. The van der Waals surface area contributed by atoms with Gasteiger partial charge in [0, 0.05) is 26.9 Å². The molecule has 1 rings (SSSR count). The lowest BCUT2D eigenvalue weighted by molar-refractivity contribution is -0.125. The van der Waals surface area contributed by atoms with E-state index >= 15 is 0 Å². The van der Waals surface area contributed by atoms with Gasteiger partial charge in [-0.3, -0.25) is 9.79 Å². The maximum atomic E-state index is 11.0. The molecule has 3 heteroatoms. The van der Waals surface area contributed by atoms with Crippen molar-refractivity contribution in [2.24, 2.45) is 4.99 Å². The number of amidine groups is 1. The summed E-state index contributed by atoms with van der Waals surface area (Å²) in [7, 11) is 1.75. The zero-order chi connectivity index (χ0) is 8.27. The third-order valence-corrected chi connectivity index (χ3v) is 1.98. The fourth-order valence-corrected chi connectivity index (χ4v) is 1.39. The van der Waals surface area contributed by atoms with Crippen LogP contribution in [0.4, 0.5) is 0 Å². The highest BCUT2D eigenvalue weighted by atomic mass is 16.2. The molecule has 0 aromatic rings. The van der Waals surface area contributed by atoms with E-state index in [0.29, 0.717) is 0 Å². The second-order valence-corrected chi connectivity index (χ2v) is 2.77. The van der Waals surface area contributed by atoms with Crippen LogP contribution in [0.25, 0.3) is 0 Å². The number of piperidine rings is 1. The van der Waals surface area contributed by atoms with Crippen LogP contribution in [0, 0.1) is 0 Å². The van der Waals surface area contributed by atoms with Crippen LogP contribution in [0.1, 0.15) is 33.6 Å². The largest absolute Gasteiger partial charge is 0.301 e. The summed E-state index contributed by atoms with van der Waals surface area (Å²) in [4.78, 5) is 16.9. The Morgan fingerprint density at radius 3 is 2.58 bits per heavy atom. The Balaban J connectivity index is 0.00000121. The van der Waals surface area contributed by atoms with Gasteiger partial charge in [-0.05, 0) is 12.8 Å². The first-order valence-electron chi connectivity index (χ1n) is 3.99. The average molecular weight is 170 g/mol. The van der Waals surface area contributed by atoms with Gasteiger partial charge in [0.2, 0.25) is 5.91 Å². The molecule has 12 heavy (non-hydrogen) atoms. The number of nitrogens with zero attached hydrogens (tertiary/aromatic N) is 2. The third-order valence-electron chi connectivity index (χ3n) is 1.98. The molecule has 0 N–H and O–H groups in total. The third kappa shape index (κ3) is 2.32. The Hall–Kier alpha value is -0.860. The molecule has 1 aliphatic heterocycles. The van der Waals surface area contributed by atoms with Gasteiger partial charge in [0.25, 0.3) is 0 Å². The SMILES string of the molecule is C.CN=C1CCCCN1C(C)=O. The number of carbonyl (C=O) groups excluding carboxylic acids is 1. The van der Waals surface area contributed by atoms with E-state index in [1.165, 1.54) is 0 Å². The second kappa shape index (κ2) is 4.91. The van der Waals surface area contributed by atoms with Crippen LogP contribution in [0.3, 0.4) is 0 Å². The van der Waals surface area contributed by atoms with Crippen molar-refractivity contribution >= 4 is 11.7 Å². The molecule has 0 aromatic heterocycles. The van der Waals surface area contributed by atoms with Gasteiger partial charge < -0.3 is 4.90 Å². The molecule has 1 fully saturated rings. The molecule has 0 saturated carbocycles. The molecule has 1 amide bonds. The second-order valence-electron chi connectivity index (χ2n) is 2.77. The Morgan fingerprint density at radius 2 is 2.17 bits per heavy atom. The van der Waals surface area contributed by atoms with E-state index in [1.807, 2.05) is 0 Å². The van der Waals surface area contributed by atoms with Gasteiger partial charge in [-0.2, -0.15) is 0 Å². The smallest absolute Gasteiger partial charge is 0.224 e. The highest BCUT2D eigenvalue weighted by Crippen LogP contribution is 2.11. The summed E-state index contributed by atoms with van der Waals surface area (Å²) in [5.74, 6) is 1.06. The van der Waals surface area contributed by atoms with E-state index in [0.717, 1.165) is 31.6 Å². The number of hydrogen-bond acceptors (Lipinski definition) is 2. The molecular weight excluding hydrogens is 152 g/mol. The minimum Gasteiger partial charge on any atom is -0.301 e. The summed E-state index contributed by atoms with van der Waals surface area (Å²) >= 11 is 0. The lowest BCUT2D eigenvalue weighted by Crippen LogP contribution is -2.38. The zero-order valence-corrected chi connectivity index (χ0v) is 7.13. The van der Waals surface area contributed by atoms with Crippen LogP contribution in [0.15, 0.2) is 4.99 Å². The van der Waals surface area contributed by atoms with Gasteiger partial charge in [0.1, 0.15) is 5.84 Å². The standard InChI is InChI=1S/C8H14N2O.CH4/c1-7(11)10-6-4-3-5-8(10)9-2;/h3-6H2,1-2H3;1H4. The van der Waals surface area contributed by atoms with Crippen molar-refractivity contribution in [3.63, 3.8) is 0 Å². The highest BCUT2D eigenvalue weighted by molar-refractivity contribution is 5.97. The first-order valence-corrected chi connectivity index (χ1v) is 3.99. The number of carbonyl (C=O) groups is 1. The lowest BCUT2D eigenvalue weighted by Gasteiger charge is -2.26. The molecule has 0 unspecified atom stereocenters. The van der Waals surface area contributed by atoms with E-state index in [4.69, 9.17) is 0 Å². The Kier molecular flexibility index (Phi) is 4.55. The topological polar surface area (TPSA) is 32.7 Å². The molecule has 0 aliphatic carbocycles. The molecule has 0 atom stereocenters. The molecule has 1 saturated heterocycles. The Morgan fingerprint density at radius 1 is 1.50 bits per heavy atom. The first-order chi connectivity index (χ1) is 5.25. The van der Waals surface area contributed by atoms with Gasteiger partial charge in [-0.1, -0.05) is 7.43 Å². The number of aliphatic imine (C=N–C) groups is 1. The molecule has 0 aromatic carbocycles. The molecule has 0 bridgehead atoms. The summed E-state index contributed by atoms with van der Waals surface area (Å²) in [6, 6.07) is 0. The summed E-state index contributed by atoms with van der Waals surface area (Å²) < 4.78 is 0. The van der Waals surface area contributed by atoms with Crippen molar-refractivity contribution in [2.75, 3.05) is 13.6 Å². The van der Waals surface area contributed by atoms with Gasteiger partial charge in [-0.25, -0.2) is 0 Å². The lowest BCUT2D eigenvalue weighted by atomic mass is 10.1. The quantitative estimate of drug-likeness (QED) is 0.544. The number of amides is 1. The van der Waals surface area contributed by atoms with Crippen LogP contribution in [-0.2, 0) is 4.79 Å². The maximum Gasteiger partial charge on any atom is 0.224 e. The fourth-order valence-electron chi connectivity index (χ4n) is 1.39. The van der Waals surface area contributed by atoms with E-state index < -0.39 is 0 Å². The number of hydrogen-bond donors (Lipinski definition) is 0. The summed E-state index contributed by atoms with van der Waals surface area (Å²) in [5, 5.41) is 0. The number of rotatable bonds is 0. The van der Waals surface area contributed by atoms with Crippen LogP contribution in [-0.4, -0.2) is 30.2 Å². The van der Waals surface area contributed by atoms with Gasteiger partial charge in [0.15, 0.2) is 0 Å². The van der Waals surface area contributed by atoms with Crippen LogP contribution < -0.4 is 0 Å². The summed E-state index contributed by atoms with van der Waals surface area (Å²) in [5.41, 5.74) is 0. The molecular formula is C9H18N2O. The zero-order valence-electron chi connectivity index (χ0n) is 7.13. The van der Waals surface area contributed by atoms with Gasteiger partial charge in [-0.15, -0.1) is 0 Å². The van der Waals surface area contributed by atoms with Crippen molar-refractivity contribution in [1.82, 2.24) is 4.90 Å². The highest BCUT2D eigenvalue weighted by Gasteiger charge is 2.18. The predicted molar refractivity (Wildman–Crippen MR) is 51.3 cm³/mol. The minimum absolute atomic E-state index is 0. The molecule has 0 spiro atoms. The molecule has 1 heterocycles. The molecule has 0 radical (unpaired) electrons. The van der Waals surface area contributed by atoms with E-state index in [9.17, 15) is 4.79 Å². The van der Waals surface area contributed by atoms with Crippen LogP contribution >= 0.6 is 0 Å². The fraction of sp³-hybridized carbons (Fsp3) is 0.778. The van der Waals surface area contributed by atoms with Crippen molar-refractivity contribution in [1.29, 1.82) is 0 Å². The Labute approximate surface area is 74.5 Å². The van der Waals surface area contributed by atoms with Crippen LogP contribution in [0.5, 0.6) is 0 Å². The Bertz CT molecular complexity index is 187. The average Bonchev–Trinajstić information content (AvgIpc) is 2.04. The minimum atomic E-state index is 0. The van der Waals surface area contributed by atoms with E-state index in [2.05, 4.69) is 4.99 Å². The first kappa shape index (κ1) is 11.1. The predicted octanol–water partition coefficient (Wildman–Crippen LogP) is 1.68. The van der Waals surface area contributed by atoms with Crippen molar-refractivity contribution in [3.05, 3.63) is 0 Å². The molecule has 3 nitrogen and oxygen atoms in total. The van der Waals surface area contributed by atoms with E-state index in [-0.39, 0.29) is 13.3 Å². The van der Waals surface area contributed by atoms with Crippen LogP contribution in [0.2, 0.25) is 0 Å². The molecule has 1 aliphatic rings. The van der Waals surface area contributed by atoms with Crippen molar-refractivity contribution in [3.8, 4) is 0 Å². The van der Waals surface area contributed by atoms with E-state index in [1.54, 1.807) is 18.9 Å². The van der Waals surface area contributed by atoms with Crippen molar-refractivity contribution < 1.29 is 4.79 Å². The van der Waals surface area contributed by atoms with Crippen molar-refractivity contribution in [2.45, 2.75) is 33.6 Å². The maximum absolute atomic E-state index is 11.0. The summed E-state index contributed by atoms with van der Waals surface area (Å²) in [6.07, 6.45) is 3.23. The number of likely N-dealkylation sites (tertiary alicyclic amines) is 1. The van der Waals surface area contributed by atoms with Gasteiger partial charge in [0.05, 0.1) is 0 Å². The summed E-state index contributed by atoms with van der Waals surface area (Å²) in [6.45, 7) is 2.44. The monoisotopic (exact) mass is 170 g/mol. The van der Waals surface area contributed by atoms with Gasteiger partial charge >= 0.3 is 0 Å².